The standard InChI is InChI=1S/C27H23N3O2/c28-16-20-6-8-22(9-7-20)23-10-12-25(13-11-23)30-15-14-24-17-29(18-26(24)30)27(31)32-19-21-4-2-1-3-5-21/h1-13,18,24H,14-15,17,19H2/t24-/m1/s1. The fourth-order valence-electron chi connectivity index (χ4n) is 4.37. The minimum Gasteiger partial charge on any atom is -0.444 e. The summed E-state index contributed by atoms with van der Waals surface area (Å²) in [6.45, 7) is 1.90. The number of carbonyl (C=O) groups excluding carboxylic acids is 1. The molecule has 0 radical (unpaired) electrons. The molecule has 2 aliphatic heterocycles. The summed E-state index contributed by atoms with van der Waals surface area (Å²) >= 11 is 0. The van der Waals surface area contributed by atoms with E-state index in [1.807, 2.05) is 60.8 Å². The van der Waals surface area contributed by atoms with Crippen LogP contribution >= 0.6 is 0 Å². The molecule has 0 aromatic heterocycles. The van der Waals surface area contributed by atoms with Crippen molar-refractivity contribution in [3.8, 4) is 17.2 Å². The number of ether oxygens (including phenoxy) is 1. The van der Waals surface area contributed by atoms with E-state index in [0.717, 1.165) is 35.3 Å². The number of benzene rings is 3. The molecule has 5 nitrogen and oxygen atoms in total. The molecule has 2 heterocycles. The summed E-state index contributed by atoms with van der Waals surface area (Å²) in [6, 6.07) is 27.9. The van der Waals surface area contributed by atoms with E-state index >= 15 is 0 Å². The lowest BCUT2D eigenvalue weighted by Crippen LogP contribution is -2.27. The average Bonchev–Trinajstić information content (AvgIpc) is 3.45. The number of rotatable bonds is 4. The van der Waals surface area contributed by atoms with Crippen molar-refractivity contribution in [1.29, 1.82) is 5.26 Å². The third-order valence-corrected chi connectivity index (χ3v) is 6.10. The van der Waals surface area contributed by atoms with Gasteiger partial charge in [-0.3, -0.25) is 4.90 Å². The molecule has 158 valence electrons. The van der Waals surface area contributed by atoms with Crippen LogP contribution in [0.3, 0.4) is 0 Å². The molecule has 1 saturated heterocycles. The maximum Gasteiger partial charge on any atom is 0.414 e. The van der Waals surface area contributed by atoms with Gasteiger partial charge in [0.1, 0.15) is 6.61 Å². The molecule has 2 aliphatic rings. The molecule has 32 heavy (non-hydrogen) atoms. The number of amides is 1. The van der Waals surface area contributed by atoms with Gasteiger partial charge in [0.15, 0.2) is 0 Å². The van der Waals surface area contributed by atoms with Crippen molar-refractivity contribution in [2.45, 2.75) is 13.0 Å². The summed E-state index contributed by atoms with van der Waals surface area (Å²) < 4.78 is 5.50. The van der Waals surface area contributed by atoms with Gasteiger partial charge in [0.2, 0.25) is 0 Å². The van der Waals surface area contributed by atoms with E-state index in [1.165, 1.54) is 5.70 Å². The fourth-order valence-corrected chi connectivity index (χ4v) is 4.37. The summed E-state index contributed by atoms with van der Waals surface area (Å²) in [7, 11) is 0. The van der Waals surface area contributed by atoms with Gasteiger partial charge in [-0.15, -0.1) is 0 Å². The molecule has 1 amide bonds. The lowest BCUT2D eigenvalue weighted by molar-refractivity contribution is 0.111. The first-order valence-corrected chi connectivity index (χ1v) is 10.8. The molecule has 1 atom stereocenters. The van der Waals surface area contributed by atoms with Crippen LogP contribution in [-0.4, -0.2) is 24.1 Å². The predicted octanol–water partition coefficient (Wildman–Crippen LogP) is 5.55. The Bertz CT molecular complexity index is 1180. The van der Waals surface area contributed by atoms with Gasteiger partial charge in [-0.1, -0.05) is 54.6 Å². The molecule has 0 spiro atoms. The van der Waals surface area contributed by atoms with Crippen LogP contribution in [0.25, 0.3) is 11.1 Å². The molecular weight excluding hydrogens is 398 g/mol. The second kappa shape index (κ2) is 8.60. The summed E-state index contributed by atoms with van der Waals surface area (Å²) in [6.07, 6.45) is 2.66. The van der Waals surface area contributed by atoms with Crippen molar-refractivity contribution < 1.29 is 9.53 Å². The van der Waals surface area contributed by atoms with Gasteiger partial charge >= 0.3 is 6.09 Å². The first kappa shape index (κ1) is 19.9. The molecule has 0 bridgehead atoms. The summed E-state index contributed by atoms with van der Waals surface area (Å²) in [5, 5.41) is 8.97. The fraction of sp³-hybridized carbons (Fsp3) is 0.185. The van der Waals surface area contributed by atoms with E-state index in [9.17, 15) is 4.79 Å². The molecule has 0 unspecified atom stereocenters. The maximum atomic E-state index is 12.6. The molecule has 3 aromatic rings. The van der Waals surface area contributed by atoms with Crippen LogP contribution in [0.5, 0.6) is 0 Å². The van der Waals surface area contributed by atoms with E-state index in [-0.39, 0.29) is 12.7 Å². The van der Waals surface area contributed by atoms with Gasteiger partial charge in [0.25, 0.3) is 0 Å². The van der Waals surface area contributed by atoms with Gasteiger partial charge in [0.05, 0.1) is 11.6 Å². The second-order valence-corrected chi connectivity index (χ2v) is 8.12. The average molecular weight is 422 g/mol. The van der Waals surface area contributed by atoms with E-state index < -0.39 is 0 Å². The Labute approximate surface area is 187 Å². The highest BCUT2D eigenvalue weighted by molar-refractivity contribution is 5.72. The SMILES string of the molecule is N#Cc1ccc(-c2ccc(N3CC[C@@H]4CN(C(=O)OCc5ccccc5)C=C43)cc2)cc1. The van der Waals surface area contributed by atoms with Crippen LogP contribution in [0.15, 0.2) is 90.8 Å². The second-order valence-electron chi connectivity index (χ2n) is 8.12. The van der Waals surface area contributed by atoms with E-state index in [4.69, 9.17) is 10.00 Å². The molecule has 1 fully saturated rings. The maximum absolute atomic E-state index is 12.6. The van der Waals surface area contributed by atoms with Gasteiger partial charge < -0.3 is 9.64 Å². The zero-order valence-electron chi connectivity index (χ0n) is 17.6. The topological polar surface area (TPSA) is 56.6 Å². The van der Waals surface area contributed by atoms with Crippen molar-refractivity contribution in [2.75, 3.05) is 18.0 Å². The minimum absolute atomic E-state index is 0.282. The van der Waals surface area contributed by atoms with Crippen LogP contribution in [0.1, 0.15) is 17.5 Å². The quantitative estimate of drug-likeness (QED) is 0.555. The Morgan fingerprint density at radius 3 is 2.34 bits per heavy atom. The number of anilines is 1. The molecule has 3 aromatic carbocycles. The van der Waals surface area contributed by atoms with Crippen LogP contribution < -0.4 is 4.90 Å². The van der Waals surface area contributed by atoms with Crippen molar-refractivity contribution in [3.05, 3.63) is 102 Å². The number of nitriles is 1. The number of carbonyl (C=O) groups is 1. The number of hydrogen-bond acceptors (Lipinski definition) is 4. The molecule has 5 heteroatoms. The summed E-state index contributed by atoms with van der Waals surface area (Å²) in [4.78, 5) is 16.5. The Morgan fingerprint density at radius 1 is 0.969 bits per heavy atom. The minimum atomic E-state index is -0.299. The number of hydrogen-bond donors (Lipinski definition) is 0. The van der Waals surface area contributed by atoms with Crippen LogP contribution in [0.2, 0.25) is 0 Å². The molecule has 0 N–H and O–H groups in total. The Balaban J connectivity index is 1.27. The lowest BCUT2D eigenvalue weighted by Gasteiger charge is -2.20. The normalized spacial score (nSPS) is 17.0. The largest absolute Gasteiger partial charge is 0.444 e. The summed E-state index contributed by atoms with van der Waals surface area (Å²) in [5.74, 6) is 0.345. The molecule has 0 aliphatic carbocycles. The van der Waals surface area contributed by atoms with Gasteiger partial charge in [0, 0.05) is 36.6 Å². The third-order valence-electron chi connectivity index (χ3n) is 6.10. The highest BCUT2D eigenvalue weighted by Gasteiger charge is 2.37. The smallest absolute Gasteiger partial charge is 0.414 e. The Morgan fingerprint density at radius 2 is 1.66 bits per heavy atom. The van der Waals surface area contributed by atoms with Gasteiger partial charge in [-0.2, -0.15) is 5.26 Å². The zero-order chi connectivity index (χ0) is 21.9. The molecule has 0 saturated carbocycles. The highest BCUT2D eigenvalue weighted by atomic mass is 16.6. The van der Waals surface area contributed by atoms with Gasteiger partial charge in [-0.25, -0.2) is 4.79 Å². The van der Waals surface area contributed by atoms with Crippen molar-refractivity contribution in [1.82, 2.24) is 4.90 Å². The van der Waals surface area contributed by atoms with Crippen molar-refractivity contribution in [3.63, 3.8) is 0 Å². The first-order chi connectivity index (χ1) is 15.7. The van der Waals surface area contributed by atoms with E-state index in [2.05, 4.69) is 35.2 Å². The van der Waals surface area contributed by atoms with Crippen molar-refractivity contribution in [2.24, 2.45) is 5.92 Å². The lowest BCUT2D eigenvalue weighted by atomic mass is 10.0. The number of nitrogens with zero attached hydrogens (tertiary/aromatic N) is 3. The van der Waals surface area contributed by atoms with E-state index in [1.54, 1.807) is 4.90 Å². The molecular formula is C27H23N3O2. The summed E-state index contributed by atoms with van der Waals surface area (Å²) in [5.41, 5.74) is 6.14. The highest BCUT2D eigenvalue weighted by Crippen LogP contribution is 2.38. The predicted molar refractivity (Wildman–Crippen MR) is 123 cm³/mol. The van der Waals surface area contributed by atoms with Crippen LogP contribution in [-0.2, 0) is 11.3 Å². The zero-order valence-corrected chi connectivity index (χ0v) is 17.6. The number of fused-ring (bicyclic) bond motifs is 1. The van der Waals surface area contributed by atoms with E-state index in [0.29, 0.717) is 18.0 Å². The Hall–Kier alpha value is -4.04. The van der Waals surface area contributed by atoms with Crippen molar-refractivity contribution >= 4 is 11.8 Å². The first-order valence-electron chi connectivity index (χ1n) is 10.8. The van der Waals surface area contributed by atoms with Gasteiger partial charge in [-0.05, 0) is 47.4 Å². The monoisotopic (exact) mass is 421 g/mol. The van der Waals surface area contributed by atoms with Crippen LogP contribution in [0, 0.1) is 17.2 Å². The molecule has 5 rings (SSSR count). The Kier molecular flexibility index (Phi) is 5.35. The van der Waals surface area contributed by atoms with Crippen LogP contribution in [0.4, 0.5) is 10.5 Å². The third kappa shape index (κ3) is 3.95.